The maximum Gasteiger partial charge on any atom is 0.323 e. The number of nitrogens with zero attached hydrogens (tertiary/aromatic N) is 3. The molecule has 0 aromatic carbocycles. The van der Waals surface area contributed by atoms with E-state index in [1.54, 1.807) is 0 Å². The first-order valence-electron chi connectivity index (χ1n) is 7.72. The molecule has 0 unspecified atom stereocenters. The quantitative estimate of drug-likeness (QED) is 0.805. The van der Waals surface area contributed by atoms with Gasteiger partial charge in [0.2, 0.25) is 11.9 Å². The van der Waals surface area contributed by atoms with Crippen molar-refractivity contribution < 1.29 is 4.74 Å². The molecular weight excluding hydrogens is 266 g/mol. The smallest absolute Gasteiger partial charge is 0.323 e. The van der Waals surface area contributed by atoms with E-state index in [-0.39, 0.29) is 10.8 Å². The SMILES string of the molecule is CCCOc1nc(NCC)nc(NC2C(C)(C)C2(C)C)n1. The zero-order chi connectivity index (χ0) is 15.7. The molecule has 0 aliphatic heterocycles. The average Bonchev–Trinajstić information content (AvgIpc) is 2.79. The van der Waals surface area contributed by atoms with Gasteiger partial charge in [-0.25, -0.2) is 0 Å². The van der Waals surface area contributed by atoms with E-state index in [0.717, 1.165) is 13.0 Å². The maximum absolute atomic E-state index is 5.55. The summed E-state index contributed by atoms with van der Waals surface area (Å²) in [5, 5.41) is 6.55. The van der Waals surface area contributed by atoms with Gasteiger partial charge in [0.1, 0.15) is 0 Å². The number of hydrogen-bond acceptors (Lipinski definition) is 6. The lowest BCUT2D eigenvalue weighted by atomic mass is 10.0. The average molecular weight is 293 g/mol. The molecule has 6 heteroatoms. The van der Waals surface area contributed by atoms with Crippen LogP contribution in [-0.2, 0) is 0 Å². The number of hydrogen-bond donors (Lipinski definition) is 2. The van der Waals surface area contributed by atoms with Crippen molar-refractivity contribution in [2.24, 2.45) is 10.8 Å². The van der Waals surface area contributed by atoms with Gasteiger partial charge in [-0.1, -0.05) is 34.6 Å². The number of ether oxygens (including phenoxy) is 1. The van der Waals surface area contributed by atoms with Crippen LogP contribution in [0.1, 0.15) is 48.0 Å². The molecule has 1 aromatic rings. The Morgan fingerprint density at radius 1 is 1.00 bits per heavy atom. The summed E-state index contributed by atoms with van der Waals surface area (Å²) in [7, 11) is 0. The van der Waals surface area contributed by atoms with Crippen LogP contribution in [0.5, 0.6) is 6.01 Å². The van der Waals surface area contributed by atoms with Crippen LogP contribution in [-0.4, -0.2) is 34.1 Å². The molecule has 2 rings (SSSR count). The Morgan fingerprint density at radius 3 is 2.14 bits per heavy atom. The molecule has 0 radical (unpaired) electrons. The predicted molar refractivity (Wildman–Crippen MR) is 84.7 cm³/mol. The van der Waals surface area contributed by atoms with Crippen LogP contribution in [0.25, 0.3) is 0 Å². The Morgan fingerprint density at radius 2 is 1.62 bits per heavy atom. The molecule has 0 amide bonds. The van der Waals surface area contributed by atoms with Crippen molar-refractivity contribution in [1.29, 1.82) is 0 Å². The fourth-order valence-electron chi connectivity index (χ4n) is 2.60. The summed E-state index contributed by atoms with van der Waals surface area (Å²) in [6.45, 7) is 14.5. The van der Waals surface area contributed by atoms with E-state index in [1.165, 1.54) is 0 Å². The van der Waals surface area contributed by atoms with E-state index in [9.17, 15) is 0 Å². The van der Waals surface area contributed by atoms with Crippen molar-refractivity contribution in [3.8, 4) is 6.01 Å². The fourth-order valence-corrected chi connectivity index (χ4v) is 2.60. The molecule has 6 nitrogen and oxygen atoms in total. The standard InChI is InChI=1S/C15H27N5O/c1-7-9-21-13-19-11(16-8-2)18-12(20-13)17-10-14(3,4)15(10,5)6/h10H,7-9H2,1-6H3,(H2,16,17,18,19,20). The van der Waals surface area contributed by atoms with Gasteiger partial charge >= 0.3 is 6.01 Å². The molecule has 0 saturated heterocycles. The molecule has 21 heavy (non-hydrogen) atoms. The van der Waals surface area contributed by atoms with Crippen LogP contribution >= 0.6 is 0 Å². The Labute approximate surface area is 127 Å². The van der Waals surface area contributed by atoms with Gasteiger partial charge in [0.15, 0.2) is 0 Å². The van der Waals surface area contributed by atoms with Crippen molar-refractivity contribution in [1.82, 2.24) is 15.0 Å². The van der Waals surface area contributed by atoms with Crippen LogP contribution in [0.2, 0.25) is 0 Å². The summed E-state index contributed by atoms with van der Waals surface area (Å²) in [6, 6.07) is 0.725. The normalized spacial score (nSPS) is 19.1. The van der Waals surface area contributed by atoms with E-state index in [4.69, 9.17) is 4.74 Å². The summed E-state index contributed by atoms with van der Waals surface area (Å²) in [6.07, 6.45) is 0.924. The Kier molecular flexibility index (Phi) is 4.25. The molecular formula is C15H27N5O. The summed E-state index contributed by atoms with van der Waals surface area (Å²) in [5.74, 6) is 1.13. The first-order chi connectivity index (χ1) is 9.82. The summed E-state index contributed by atoms with van der Waals surface area (Å²) < 4.78 is 5.55. The monoisotopic (exact) mass is 293 g/mol. The second kappa shape index (κ2) is 5.66. The van der Waals surface area contributed by atoms with E-state index < -0.39 is 0 Å². The largest absolute Gasteiger partial charge is 0.463 e. The molecule has 1 fully saturated rings. The third kappa shape index (κ3) is 3.04. The Hall–Kier alpha value is -1.59. The number of rotatable bonds is 7. The number of nitrogens with one attached hydrogen (secondary N) is 2. The van der Waals surface area contributed by atoms with Gasteiger partial charge in [0.25, 0.3) is 0 Å². The highest BCUT2D eigenvalue weighted by Crippen LogP contribution is 2.63. The molecule has 0 bridgehead atoms. The van der Waals surface area contributed by atoms with Gasteiger partial charge in [0, 0.05) is 12.6 Å². The minimum atomic E-state index is 0.225. The lowest BCUT2D eigenvalue weighted by molar-refractivity contribution is 0.292. The van der Waals surface area contributed by atoms with Crippen LogP contribution in [0.4, 0.5) is 11.9 Å². The van der Waals surface area contributed by atoms with Gasteiger partial charge in [-0.15, -0.1) is 0 Å². The van der Waals surface area contributed by atoms with Crippen LogP contribution in [0.3, 0.4) is 0 Å². The summed E-state index contributed by atoms with van der Waals surface area (Å²) in [4.78, 5) is 13.1. The maximum atomic E-state index is 5.55. The zero-order valence-corrected chi connectivity index (χ0v) is 13.9. The molecule has 1 aliphatic rings. The van der Waals surface area contributed by atoms with E-state index in [0.29, 0.717) is 30.6 Å². The van der Waals surface area contributed by atoms with Gasteiger partial charge < -0.3 is 15.4 Å². The predicted octanol–water partition coefficient (Wildman–Crippen LogP) is 2.94. The van der Waals surface area contributed by atoms with Crippen molar-refractivity contribution in [2.45, 2.75) is 54.0 Å². The van der Waals surface area contributed by atoms with E-state index >= 15 is 0 Å². The fraction of sp³-hybridized carbons (Fsp3) is 0.800. The summed E-state index contributed by atoms with van der Waals surface area (Å²) in [5.41, 5.74) is 0.449. The molecule has 118 valence electrons. The van der Waals surface area contributed by atoms with Crippen molar-refractivity contribution in [3.05, 3.63) is 0 Å². The van der Waals surface area contributed by atoms with Gasteiger partial charge in [-0.3, -0.25) is 0 Å². The van der Waals surface area contributed by atoms with Crippen molar-refractivity contribution in [2.75, 3.05) is 23.8 Å². The molecule has 1 aromatic heterocycles. The lowest BCUT2D eigenvalue weighted by Crippen LogP contribution is -2.15. The van der Waals surface area contributed by atoms with Crippen LogP contribution in [0.15, 0.2) is 0 Å². The first kappa shape index (κ1) is 15.8. The minimum Gasteiger partial charge on any atom is -0.463 e. The molecule has 1 aliphatic carbocycles. The highest BCUT2D eigenvalue weighted by molar-refractivity contribution is 5.41. The number of anilines is 2. The van der Waals surface area contributed by atoms with Crippen LogP contribution in [0, 0.1) is 10.8 Å². The topological polar surface area (TPSA) is 72.0 Å². The van der Waals surface area contributed by atoms with Gasteiger partial charge in [-0.05, 0) is 24.2 Å². The second-order valence-electron chi connectivity index (χ2n) is 6.66. The van der Waals surface area contributed by atoms with Crippen molar-refractivity contribution in [3.63, 3.8) is 0 Å². The van der Waals surface area contributed by atoms with E-state index in [2.05, 4.69) is 60.2 Å². The molecule has 1 saturated carbocycles. The van der Waals surface area contributed by atoms with Crippen LogP contribution < -0.4 is 15.4 Å². The van der Waals surface area contributed by atoms with Crippen molar-refractivity contribution >= 4 is 11.9 Å². The summed E-state index contributed by atoms with van der Waals surface area (Å²) >= 11 is 0. The lowest BCUT2D eigenvalue weighted by Gasteiger charge is -2.10. The first-order valence-corrected chi connectivity index (χ1v) is 7.72. The molecule has 2 N–H and O–H groups in total. The third-order valence-corrected chi connectivity index (χ3v) is 4.68. The Balaban J connectivity index is 2.16. The van der Waals surface area contributed by atoms with E-state index in [1.807, 2.05) is 6.92 Å². The third-order valence-electron chi connectivity index (χ3n) is 4.68. The number of aromatic nitrogens is 3. The molecule has 1 heterocycles. The minimum absolute atomic E-state index is 0.225. The molecule has 0 atom stereocenters. The molecule has 0 spiro atoms. The zero-order valence-electron chi connectivity index (χ0n) is 13.9. The van der Waals surface area contributed by atoms with Gasteiger partial charge in [-0.2, -0.15) is 15.0 Å². The Bertz CT molecular complexity index is 487. The highest BCUT2D eigenvalue weighted by Gasteiger charge is 2.65. The highest BCUT2D eigenvalue weighted by atomic mass is 16.5. The van der Waals surface area contributed by atoms with Gasteiger partial charge in [0.05, 0.1) is 6.61 Å². The second-order valence-corrected chi connectivity index (χ2v) is 6.66.